The smallest absolute Gasteiger partial charge is 0.358 e. The first-order chi connectivity index (χ1) is 12.6. The van der Waals surface area contributed by atoms with Gasteiger partial charge in [-0.1, -0.05) is 18.7 Å². The molecule has 0 aliphatic carbocycles. The Labute approximate surface area is 166 Å². The number of carbonyl (C=O) groups excluding carboxylic acids is 1. The Hall–Kier alpha value is -1.98. The van der Waals surface area contributed by atoms with E-state index in [-0.39, 0.29) is 5.69 Å². The number of rotatable bonds is 7. The molecule has 0 aliphatic heterocycles. The molecular formula is C15H15BrN6O2S2. The van der Waals surface area contributed by atoms with Gasteiger partial charge in [0.15, 0.2) is 5.69 Å². The maximum atomic E-state index is 11.4. The highest BCUT2D eigenvalue weighted by molar-refractivity contribution is 9.10. The number of aromatic nitrogens is 5. The molecule has 0 fully saturated rings. The first-order valence-corrected chi connectivity index (χ1v) is 10.2. The molecule has 0 radical (unpaired) electrons. The second kappa shape index (κ2) is 8.60. The molecule has 3 aromatic rings. The Kier molecular flexibility index (Phi) is 6.22. The third-order valence-corrected chi connectivity index (χ3v) is 6.37. The average Bonchev–Trinajstić information content (AvgIpc) is 3.37. The van der Waals surface area contributed by atoms with Gasteiger partial charge in [-0.25, -0.2) is 4.79 Å². The molecule has 3 aromatic heterocycles. The van der Waals surface area contributed by atoms with Crippen LogP contribution in [0.2, 0.25) is 0 Å². The van der Waals surface area contributed by atoms with E-state index >= 15 is 0 Å². The van der Waals surface area contributed by atoms with Crippen molar-refractivity contribution in [2.45, 2.75) is 24.4 Å². The summed E-state index contributed by atoms with van der Waals surface area (Å²) in [5.41, 5.74) is 0.266. The highest BCUT2D eigenvalue weighted by atomic mass is 79.9. The summed E-state index contributed by atoms with van der Waals surface area (Å²) in [6.07, 6.45) is 6.01. The molecular weight excluding hydrogens is 440 g/mol. The van der Waals surface area contributed by atoms with Crippen LogP contribution in [0.25, 0.3) is 0 Å². The second-order valence-corrected chi connectivity index (χ2v) is 7.92. The lowest BCUT2D eigenvalue weighted by molar-refractivity contribution is 0.0593. The first kappa shape index (κ1) is 18.8. The first-order valence-electron chi connectivity index (χ1n) is 7.58. The van der Waals surface area contributed by atoms with Crippen molar-refractivity contribution in [3.63, 3.8) is 0 Å². The van der Waals surface area contributed by atoms with Gasteiger partial charge in [0.05, 0.1) is 19.2 Å². The molecule has 3 rings (SSSR count). The van der Waals surface area contributed by atoms with E-state index in [0.717, 1.165) is 15.8 Å². The molecule has 0 amide bonds. The van der Waals surface area contributed by atoms with Crippen LogP contribution in [0.3, 0.4) is 0 Å². The Balaban J connectivity index is 1.65. The summed E-state index contributed by atoms with van der Waals surface area (Å²) in [6.45, 7) is 2.12. The SMILES string of the molecule is CCc1sc(C=Nn2cnnc2SCn2ccc(C(=O)OC)n2)cc1Br. The predicted octanol–water partition coefficient (Wildman–Crippen LogP) is 3.28. The Morgan fingerprint density at radius 3 is 3.12 bits per heavy atom. The number of hydrogen-bond acceptors (Lipinski definition) is 8. The lowest BCUT2D eigenvalue weighted by Crippen LogP contribution is -2.04. The van der Waals surface area contributed by atoms with Crippen molar-refractivity contribution in [2.75, 3.05) is 7.11 Å². The largest absolute Gasteiger partial charge is 0.464 e. The summed E-state index contributed by atoms with van der Waals surface area (Å²) < 4.78 is 8.98. The van der Waals surface area contributed by atoms with Gasteiger partial charge < -0.3 is 4.74 Å². The Morgan fingerprint density at radius 2 is 2.38 bits per heavy atom. The minimum Gasteiger partial charge on any atom is -0.464 e. The average molecular weight is 455 g/mol. The number of thioether (sulfide) groups is 1. The van der Waals surface area contributed by atoms with Crippen LogP contribution >= 0.6 is 39.0 Å². The van der Waals surface area contributed by atoms with Crippen molar-refractivity contribution in [3.05, 3.63) is 44.6 Å². The fraction of sp³-hybridized carbons (Fsp3) is 0.267. The van der Waals surface area contributed by atoms with Crippen LogP contribution < -0.4 is 0 Å². The van der Waals surface area contributed by atoms with Crippen LogP contribution in [-0.2, 0) is 17.0 Å². The molecule has 0 saturated heterocycles. The van der Waals surface area contributed by atoms with Crippen LogP contribution in [0, 0.1) is 0 Å². The minimum atomic E-state index is -0.463. The summed E-state index contributed by atoms with van der Waals surface area (Å²) >= 11 is 6.64. The van der Waals surface area contributed by atoms with Crippen LogP contribution in [0.1, 0.15) is 27.2 Å². The number of carbonyl (C=O) groups is 1. The highest BCUT2D eigenvalue weighted by Gasteiger charge is 2.10. The number of methoxy groups -OCH3 is 1. The van der Waals surface area contributed by atoms with E-state index in [2.05, 4.69) is 48.0 Å². The number of hydrogen-bond donors (Lipinski definition) is 0. The van der Waals surface area contributed by atoms with E-state index in [1.807, 2.05) is 6.07 Å². The number of halogens is 1. The standard InChI is InChI=1S/C15H15BrN6O2S2/c1-3-13-11(16)6-10(26-13)7-18-22-8-17-19-15(22)25-9-21-5-4-12(20-21)14(23)24-2/h4-8H,3,9H2,1-2H3. The second-order valence-electron chi connectivity index (χ2n) is 4.98. The number of nitrogens with zero attached hydrogens (tertiary/aromatic N) is 6. The fourth-order valence-electron chi connectivity index (χ4n) is 2.01. The van der Waals surface area contributed by atoms with Crippen molar-refractivity contribution in [2.24, 2.45) is 5.10 Å². The maximum Gasteiger partial charge on any atom is 0.358 e. The minimum absolute atomic E-state index is 0.266. The normalized spacial score (nSPS) is 11.3. The molecule has 26 heavy (non-hydrogen) atoms. The monoisotopic (exact) mass is 454 g/mol. The quantitative estimate of drug-likeness (QED) is 0.309. The fourth-order valence-corrected chi connectivity index (χ4v) is 4.52. The van der Waals surface area contributed by atoms with Crippen molar-refractivity contribution >= 4 is 51.2 Å². The topological polar surface area (TPSA) is 87.2 Å². The van der Waals surface area contributed by atoms with E-state index in [1.165, 1.54) is 23.7 Å². The Morgan fingerprint density at radius 1 is 1.54 bits per heavy atom. The molecule has 0 atom stereocenters. The lowest BCUT2D eigenvalue weighted by atomic mass is 10.4. The van der Waals surface area contributed by atoms with E-state index < -0.39 is 5.97 Å². The van der Waals surface area contributed by atoms with Crippen molar-refractivity contribution in [3.8, 4) is 0 Å². The summed E-state index contributed by atoms with van der Waals surface area (Å²) in [5, 5.41) is 17.2. The molecule has 0 N–H and O–H groups in total. The van der Waals surface area contributed by atoms with Crippen molar-refractivity contribution in [1.82, 2.24) is 24.7 Å². The molecule has 0 spiro atoms. The summed E-state index contributed by atoms with van der Waals surface area (Å²) in [4.78, 5) is 13.8. The highest BCUT2D eigenvalue weighted by Crippen LogP contribution is 2.27. The maximum absolute atomic E-state index is 11.4. The number of thiophene rings is 1. The van der Waals surface area contributed by atoms with Gasteiger partial charge in [-0.2, -0.15) is 14.9 Å². The summed E-state index contributed by atoms with van der Waals surface area (Å²) in [7, 11) is 1.33. The number of aryl methyl sites for hydroxylation is 1. The van der Waals surface area contributed by atoms with E-state index in [9.17, 15) is 4.79 Å². The van der Waals surface area contributed by atoms with Gasteiger partial charge in [0, 0.05) is 20.4 Å². The van der Waals surface area contributed by atoms with Gasteiger partial charge in [0.25, 0.3) is 0 Å². The van der Waals surface area contributed by atoms with Gasteiger partial charge >= 0.3 is 5.97 Å². The van der Waals surface area contributed by atoms with Crippen LogP contribution in [0.4, 0.5) is 0 Å². The molecule has 11 heteroatoms. The molecule has 136 valence electrons. The van der Waals surface area contributed by atoms with Gasteiger partial charge in [-0.15, -0.1) is 21.5 Å². The van der Waals surface area contributed by atoms with Gasteiger partial charge in [-0.3, -0.25) is 4.68 Å². The van der Waals surface area contributed by atoms with Crippen LogP contribution in [0.5, 0.6) is 0 Å². The van der Waals surface area contributed by atoms with Gasteiger partial charge in [-0.05, 0) is 34.5 Å². The molecule has 0 aromatic carbocycles. The van der Waals surface area contributed by atoms with E-state index in [0.29, 0.717) is 11.0 Å². The number of esters is 1. The van der Waals surface area contributed by atoms with Crippen LogP contribution in [0.15, 0.2) is 39.4 Å². The molecule has 0 aliphatic rings. The summed E-state index contributed by atoms with van der Waals surface area (Å²) in [5.74, 6) is 0.00510. The van der Waals surface area contributed by atoms with E-state index in [1.54, 1.807) is 45.5 Å². The molecule has 0 saturated carbocycles. The zero-order chi connectivity index (χ0) is 18.5. The van der Waals surface area contributed by atoms with Crippen LogP contribution in [-0.4, -0.2) is 43.9 Å². The van der Waals surface area contributed by atoms with Gasteiger partial charge in [0.1, 0.15) is 6.33 Å². The molecule has 3 heterocycles. The van der Waals surface area contributed by atoms with Crippen molar-refractivity contribution < 1.29 is 9.53 Å². The zero-order valence-electron chi connectivity index (χ0n) is 14.0. The molecule has 8 nitrogen and oxygen atoms in total. The van der Waals surface area contributed by atoms with Gasteiger partial charge in [0.2, 0.25) is 5.16 Å². The molecule has 0 bridgehead atoms. The number of ether oxygens (including phenoxy) is 1. The predicted molar refractivity (Wildman–Crippen MR) is 104 cm³/mol. The summed E-state index contributed by atoms with van der Waals surface area (Å²) in [6, 6.07) is 3.65. The third-order valence-electron chi connectivity index (χ3n) is 3.27. The Bertz CT molecular complexity index is 932. The molecule has 0 unspecified atom stereocenters. The zero-order valence-corrected chi connectivity index (χ0v) is 17.2. The van der Waals surface area contributed by atoms with Crippen molar-refractivity contribution in [1.29, 1.82) is 0 Å². The van der Waals surface area contributed by atoms with E-state index in [4.69, 9.17) is 0 Å². The third kappa shape index (κ3) is 4.40. The lowest BCUT2D eigenvalue weighted by Gasteiger charge is -2.01.